The van der Waals surface area contributed by atoms with Crippen molar-refractivity contribution in [2.45, 2.75) is 50.9 Å². The summed E-state index contributed by atoms with van der Waals surface area (Å²) in [7, 11) is 0. The average Bonchev–Trinajstić information content (AvgIpc) is 3.07. The third-order valence-electron chi connectivity index (χ3n) is 4.61. The molecular formula is C22H25NO3S. The Bertz CT molecular complexity index is 827. The number of hydrogen-bond acceptors (Lipinski definition) is 4. The molecule has 2 aromatic rings. The number of fused-ring (bicyclic) bond motifs is 1. The standard InChI is InChI=1S/C22H25NO3S/c1-22(2,3)27(25)23-14-17-12-13-19-18(17)10-7-11-20(19)21(24)26-15-16-8-5-4-6-9-16/h4-11,14,17H,12-13,15H2,1-3H3/b23-14+/t17?,27-/m1/s1. The Hall–Kier alpha value is -2.11. The van der Waals surface area contributed by atoms with Gasteiger partial charge in [-0.2, -0.15) is 0 Å². The van der Waals surface area contributed by atoms with Crippen LogP contribution in [0.25, 0.3) is 0 Å². The molecule has 0 heterocycles. The summed E-state index contributed by atoms with van der Waals surface area (Å²) in [5.41, 5.74) is 3.69. The number of rotatable bonds is 5. The molecule has 142 valence electrons. The highest BCUT2D eigenvalue weighted by atomic mass is 32.2. The molecule has 3 rings (SSSR count). The highest BCUT2D eigenvalue weighted by molar-refractivity contribution is 7.91. The summed E-state index contributed by atoms with van der Waals surface area (Å²) in [5, 5.41) is 0. The van der Waals surface area contributed by atoms with Gasteiger partial charge in [-0.1, -0.05) is 46.9 Å². The van der Waals surface area contributed by atoms with Crippen molar-refractivity contribution in [3.63, 3.8) is 0 Å². The van der Waals surface area contributed by atoms with Crippen molar-refractivity contribution in [1.29, 1.82) is 0 Å². The van der Waals surface area contributed by atoms with Crippen molar-refractivity contribution < 1.29 is 14.1 Å². The van der Waals surface area contributed by atoms with Gasteiger partial charge in [0, 0.05) is 5.92 Å². The fourth-order valence-corrected chi connectivity index (χ4v) is 3.69. The van der Waals surface area contributed by atoms with Gasteiger partial charge in [0.2, 0.25) is 0 Å². The molecule has 4 nitrogen and oxygen atoms in total. The summed E-state index contributed by atoms with van der Waals surface area (Å²) in [4.78, 5) is 12.6. The normalized spacial score (nSPS) is 17.7. The molecular weight excluding hydrogens is 358 g/mol. The average molecular weight is 384 g/mol. The molecule has 5 heteroatoms. The van der Waals surface area contributed by atoms with E-state index >= 15 is 0 Å². The van der Waals surface area contributed by atoms with Crippen molar-refractivity contribution in [3.8, 4) is 0 Å². The lowest BCUT2D eigenvalue weighted by atomic mass is 9.99. The van der Waals surface area contributed by atoms with Crippen LogP contribution in [0.2, 0.25) is 0 Å². The molecule has 0 radical (unpaired) electrons. The zero-order valence-electron chi connectivity index (χ0n) is 16.0. The summed E-state index contributed by atoms with van der Waals surface area (Å²) in [6.07, 6.45) is 3.44. The van der Waals surface area contributed by atoms with Gasteiger partial charge in [0.15, 0.2) is 0 Å². The summed E-state index contributed by atoms with van der Waals surface area (Å²) in [6.45, 7) is 5.98. The van der Waals surface area contributed by atoms with E-state index in [9.17, 15) is 9.35 Å². The number of benzene rings is 2. The molecule has 0 bridgehead atoms. The van der Waals surface area contributed by atoms with E-state index in [2.05, 4.69) is 4.40 Å². The van der Waals surface area contributed by atoms with Gasteiger partial charge in [0.05, 0.1) is 11.8 Å². The number of nitrogens with zero attached hydrogens (tertiary/aromatic N) is 1. The zero-order chi connectivity index (χ0) is 19.4. The van der Waals surface area contributed by atoms with Gasteiger partial charge in [-0.15, -0.1) is 0 Å². The number of carbonyl (C=O) groups excluding carboxylic acids is 1. The van der Waals surface area contributed by atoms with Crippen LogP contribution in [0.4, 0.5) is 0 Å². The second kappa shape index (κ2) is 8.28. The van der Waals surface area contributed by atoms with E-state index in [-0.39, 0.29) is 23.2 Å². The molecule has 0 aliphatic heterocycles. The van der Waals surface area contributed by atoms with Gasteiger partial charge >= 0.3 is 5.97 Å². The molecule has 0 saturated heterocycles. The Morgan fingerprint density at radius 2 is 1.96 bits per heavy atom. The van der Waals surface area contributed by atoms with Crippen LogP contribution in [-0.4, -0.2) is 21.5 Å². The Morgan fingerprint density at radius 3 is 2.67 bits per heavy atom. The van der Waals surface area contributed by atoms with E-state index in [1.165, 1.54) is 0 Å². The van der Waals surface area contributed by atoms with Crippen molar-refractivity contribution in [1.82, 2.24) is 0 Å². The molecule has 1 aliphatic carbocycles. The molecule has 0 spiro atoms. The molecule has 27 heavy (non-hydrogen) atoms. The second-order valence-electron chi connectivity index (χ2n) is 7.70. The molecule has 2 atom stereocenters. The van der Waals surface area contributed by atoms with Gasteiger partial charge in [0.1, 0.15) is 22.7 Å². The van der Waals surface area contributed by atoms with E-state index in [0.29, 0.717) is 5.56 Å². The lowest BCUT2D eigenvalue weighted by Crippen LogP contribution is -2.26. The van der Waals surface area contributed by atoms with Crippen molar-refractivity contribution in [2.75, 3.05) is 0 Å². The first-order valence-electron chi connectivity index (χ1n) is 9.15. The smallest absolute Gasteiger partial charge is 0.338 e. The van der Waals surface area contributed by atoms with Crippen LogP contribution in [-0.2, 0) is 29.1 Å². The Morgan fingerprint density at radius 1 is 1.22 bits per heavy atom. The molecule has 0 saturated carbocycles. The lowest BCUT2D eigenvalue weighted by Gasteiger charge is -2.18. The first-order chi connectivity index (χ1) is 12.9. The summed E-state index contributed by atoms with van der Waals surface area (Å²) in [5.74, 6) is -0.209. The van der Waals surface area contributed by atoms with E-state index in [1.54, 1.807) is 6.21 Å². The zero-order valence-corrected chi connectivity index (χ0v) is 16.8. The molecule has 0 amide bonds. The predicted octanol–water partition coefficient (Wildman–Crippen LogP) is 4.61. The molecule has 2 aromatic carbocycles. The Labute approximate surface area is 164 Å². The van der Waals surface area contributed by atoms with Gasteiger partial charge in [-0.3, -0.25) is 0 Å². The van der Waals surface area contributed by atoms with Crippen LogP contribution in [0.1, 0.15) is 60.2 Å². The summed E-state index contributed by atoms with van der Waals surface area (Å²) in [6, 6.07) is 15.4. The highest BCUT2D eigenvalue weighted by Crippen LogP contribution is 2.34. The predicted molar refractivity (Wildman–Crippen MR) is 109 cm³/mol. The van der Waals surface area contributed by atoms with E-state index < -0.39 is 11.4 Å². The SMILES string of the molecule is CC(C)(C)[S@@+]([O-])/N=C/C1CCc2c(C(=O)OCc3ccccc3)cccc21. The quantitative estimate of drug-likeness (QED) is 0.430. The van der Waals surface area contributed by atoms with Crippen LogP contribution in [0, 0.1) is 0 Å². The topological polar surface area (TPSA) is 61.7 Å². The molecule has 0 N–H and O–H groups in total. The highest BCUT2D eigenvalue weighted by Gasteiger charge is 2.29. The maximum absolute atomic E-state index is 12.6. The van der Waals surface area contributed by atoms with Crippen LogP contribution in [0.5, 0.6) is 0 Å². The third-order valence-corrected chi connectivity index (χ3v) is 5.97. The minimum atomic E-state index is -1.27. The van der Waals surface area contributed by atoms with Crippen molar-refractivity contribution >= 4 is 23.5 Å². The maximum Gasteiger partial charge on any atom is 0.338 e. The fourth-order valence-electron chi connectivity index (χ4n) is 3.12. The van der Waals surface area contributed by atoms with Crippen LogP contribution in [0.15, 0.2) is 52.9 Å². The Balaban J connectivity index is 1.72. The van der Waals surface area contributed by atoms with E-state index in [4.69, 9.17) is 4.74 Å². The fraction of sp³-hybridized carbons (Fsp3) is 0.364. The molecule has 0 aromatic heterocycles. The minimum Gasteiger partial charge on any atom is -0.591 e. The van der Waals surface area contributed by atoms with Crippen molar-refractivity contribution in [2.24, 2.45) is 4.40 Å². The van der Waals surface area contributed by atoms with Gasteiger partial charge in [0.25, 0.3) is 0 Å². The van der Waals surface area contributed by atoms with Crippen molar-refractivity contribution in [3.05, 3.63) is 70.8 Å². The van der Waals surface area contributed by atoms with Gasteiger partial charge in [-0.05, 0) is 56.4 Å². The number of esters is 1. The monoisotopic (exact) mass is 383 g/mol. The van der Waals surface area contributed by atoms with Gasteiger partial charge < -0.3 is 9.29 Å². The lowest BCUT2D eigenvalue weighted by molar-refractivity contribution is 0.0471. The van der Waals surface area contributed by atoms with E-state index in [1.807, 2.05) is 69.3 Å². The maximum atomic E-state index is 12.6. The molecule has 0 fully saturated rings. The third kappa shape index (κ3) is 4.79. The van der Waals surface area contributed by atoms with Gasteiger partial charge in [-0.25, -0.2) is 4.79 Å². The second-order valence-corrected chi connectivity index (χ2v) is 9.63. The van der Waals surface area contributed by atoms with Crippen LogP contribution >= 0.6 is 0 Å². The number of hydrogen-bond donors (Lipinski definition) is 0. The van der Waals surface area contributed by atoms with Crippen LogP contribution in [0.3, 0.4) is 0 Å². The molecule has 1 unspecified atom stereocenters. The van der Waals surface area contributed by atoms with Crippen LogP contribution < -0.4 is 0 Å². The molecule has 1 aliphatic rings. The first kappa shape index (κ1) is 19.6. The summed E-state index contributed by atoms with van der Waals surface area (Å²) >= 11 is -1.27. The largest absolute Gasteiger partial charge is 0.591 e. The number of ether oxygens (including phenoxy) is 1. The summed E-state index contributed by atoms with van der Waals surface area (Å²) < 4.78 is 21.5. The first-order valence-corrected chi connectivity index (χ1v) is 10.3. The number of carbonyl (C=O) groups is 1. The minimum absolute atomic E-state index is 0.0909. The Kier molecular flexibility index (Phi) is 6.02. The van der Waals surface area contributed by atoms with E-state index in [0.717, 1.165) is 29.5 Å².